The molecule has 0 saturated carbocycles. The Balaban J connectivity index is 2.00. The van der Waals surface area contributed by atoms with Crippen LogP contribution in [-0.4, -0.2) is 25.2 Å². The molecular formula is C15H21N3O2. The molecule has 0 bridgehead atoms. The maximum atomic E-state index is 12.7. The van der Waals surface area contributed by atoms with Crippen molar-refractivity contribution in [2.75, 3.05) is 29.5 Å². The summed E-state index contributed by atoms with van der Waals surface area (Å²) in [7, 11) is 0. The minimum atomic E-state index is -0.560. The normalized spacial score (nSPS) is 24.2. The van der Waals surface area contributed by atoms with Gasteiger partial charge in [-0.15, -0.1) is 0 Å². The van der Waals surface area contributed by atoms with Gasteiger partial charge in [-0.3, -0.25) is 4.79 Å². The van der Waals surface area contributed by atoms with E-state index in [0.29, 0.717) is 17.9 Å². The number of carbonyl (C=O) groups is 1. The van der Waals surface area contributed by atoms with Gasteiger partial charge in [0.2, 0.25) is 5.91 Å². The standard InChI is InChI=1S/C15H21N3O2/c1-15(2)10-6-11(16)12(17)7-13(10)18(14(15)19)8-9-4-3-5-20-9/h6-7,9H,3-5,8,16-17H2,1-2H3. The number of nitrogen functional groups attached to an aromatic ring is 2. The van der Waals surface area contributed by atoms with E-state index < -0.39 is 5.41 Å². The molecule has 1 aromatic rings. The van der Waals surface area contributed by atoms with Gasteiger partial charge in [-0.1, -0.05) is 0 Å². The van der Waals surface area contributed by atoms with Crippen LogP contribution in [0.3, 0.4) is 0 Å². The SMILES string of the molecule is CC1(C)C(=O)N(CC2CCCO2)c2cc(N)c(N)cc21. The molecule has 1 fully saturated rings. The highest BCUT2D eigenvalue weighted by atomic mass is 16.5. The zero-order valence-corrected chi connectivity index (χ0v) is 12.0. The van der Waals surface area contributed by atoms with E-state index in [2.05, 4.69) is 0 Å². The fourth-order valence-corrected chi connectivity index (χ4v) is 3.08. The van der Waals surface area contributed by atoms with Crippen molar-refractivity contribution >= 4 is 23.0 Å². The zero-order valence-electron chi connectivity index (χ0n) is 12.0. The van der Waals surface area contributed by atoms with Gasteiger partial charge < -0.3 is 21.1 Å². The van der Waals surface area contributed by atoms with Crippen LogP contribution < -0.4 is 16.4 Å². The molecule has 1 saturated heterocycles. The lowest BCUT2D eigenvalue weighted by Gasteiger charge is -2.23. The number of rotatable bonds is 2. The highest BCUT2D eigenvalue weighted by Crippen LogP contribution is 2.44. The van der Waals surface area contributed by atoms with E-state index in [1.807, 2.05) is 26.0 Å². The summed E-state index contributed by atoms with van der Waals surface area (Å²) in [4.78, 5) is 14.5. The second-order valence-electron chi connectivity index (χ2n) is 6.17. The van der Waals surface area contributed by atoms with E-state index in [1.54, 1.807) is 4.90 Å². The Hall–Kier alpha value is -1.75. The van der Waals surface area contributed by atoms with Gasteiger partial charge >= 0.3 is 0 Å². The number of nitrogens with two attached hydrogens (primary N) is 2. The molecule has 0 aromatic heterocycles. The third-order valence-electron chi connectivity index (χ3n) is 4.36. The molecule has 2 aliphatic heterocycles. The number of benzene rings is 1. The monoisotopic (exact) mass is 275 g/mol. The van der Waals surface area contributed by atoms with Crippen LogP contribution in [0.2, 0.25) is 0 Å². The molecule has 20 heavy (non-hydrogen) atoms. The molecule has 5 nitrogen and oxygen atoms in total. The van der Waals surface area contributed by atoms with Gasteiger partial charge in [0.1, 0.15) is 0 Å². The van der Waals surface area contributed by atoms with Gasteiger partial charge in [0.15, 0.2) is 0 Å². The van der Waals surface area contributed by atoms with Gasteiger partial charge in [0.25, 0.3) is 0 Å². The first-order valence-electron chi connectivity index (χ1n) is 7.04. The topological polar surface area (TPSA) is 81.6 Å². The molecule has 4 N–H and O–H groups in total. The highest BCUT2D eigenvalue weighted by Gasteiger charge is 2.45. The summed E-state index contributed by atoms with van der Waals surface area (Å²) in [6.07, 6.45) is 2.19. The lowest BCUT2D eigenvalue weighted by molar-refractivity contribution is -0.122. The molecule has 3 rings (SSSR count). The van der Waals surface area contributed by atoms with E-state index in [-0.39, 0.29) is 12.0 Å². The predicted molar refractivity (Wildman–Crippen MR) is 79.6 cm³/mol. The smallest absolute Gasteiger partial charge is 0.237 e. The van der Waals surface area contributed by atoms with Crippen molar-refractivity contribution in [3.05, 3.63) is 17.7 Å². The van der Waals surface area contributed by atoms with Crippen molar-refractivity contribution in [1.29, 1.82) is 0 Å². The number of hydrogen-bond acceptors (Lipinski definition) is 4. The van der Waals surface area contributed by atoms with Crippen LogP contribution >= 0.6 is 0 Å². The summed E-state index contributed by atoms with van der Waals surface area (Å²) in [6.45, 7) is 5.24. The maximum Gasteiger partial charge on any atom is 0.237 e. The minimum Gasteiger partial charge on any atom is -0.397 e. The number of nitrogens with zero attached hydrogens (tertiary/aromatic N) is 1. The highest BCUT2D eigenvalue weighted by molar-refractivity contribution is 6.08. The van der Waals surface area contributed by atoms with Crippen molar-refractivity contribution < 1.29 is 9.53 Å². The maximum absolute atomic E-state index is 12.7. The molecule has 1 aromatic carbocycles. The molecule has 1 unspecified atom stereocenters. The van der Waals surface area contributed by atoms with E-state index in [0.717, 1.165) is 30.7 Å². The van der Waals surface area contributed by atoms with E-state index in [4.69, 9.17) is 16.2 Å². The van der Waals surface area contributed by atoms with Crippen molar-refractivity contribution in [3.8, 4) is 0 Å². The average molecular weight is 275 g/mol. The lowest BCUT2D eigenvalue weighted by atomic mass is 9.86. The molecule has 108 valence electrons. The Morgan fingerprint density at radius 2 is 2.05 bits per heavy atom. The molecule has 2 aliphatic rings. The minimum absolute atomic E-state index is 0.0907. The Kier molecular flexibility index (Phi) is 2.90. The first-order valence-corrected chi connectivity index (χ1v) is 7.04. The van der Waals surface area contributed by atoms with Crippen LogP contribution in [0, 0.1) is 0 Å². The second kappa shape index (κ2) is 4.38. The van der Waals surface area contributed by atoms with E-state index in [9.17, 15) is 4.79 Å². The molecule has 0 aliphatic carbocycles. The van der Waals surface area contributed by atoms with Crippen LogP contribution in [0.1, 0.15) is 32.3 Å². The number of anilines is 3. The Morgan fingerprint density at radius 3 is 2.70 bits per heavy atom. The Labute approximate surface area is 118 Å². The summed E-state index contributed by atoms with van der Waals surface area (Å²) in [5.41, 5.74) is 14.1. The van der Waals surface area contributed by atoms with Crippen LogP contribution in [0.25, 0.3) is 0 Å². The number of hydrogen-bond donors (Lipinski definition) is 2. The summed E-state index contributed by atoms with van der Waals surface area (Å²) in [5, 5.41) is 0. The number of amides is 1. The van der Waals surface area contributed by atoms with Crippen LogP contribution in [0.5, 0.6) is 0 Å². The largest absolute Gasteiger partial charge is 0.397 e. The molecule has 2 heterocycles. The molecule has 5 heteroatoms. The summed E-state index contributed by atoms with van der Waals surface area (Å²) >= 11 is 0. The van der Waals surface area contributed by atoms with Gasteiger partial charge in [0.05, 0.1) is 35.1 Å². The zero-order chi connectivity index (χ0) is 14.5. The summed E-state index contributed by atoms with van der Waals surface area (Å²) in [6, 6.07) is 3.64. The fraction of sp³-hybridized carbons (Fsp3) is 0.533. The molecular weight excluding hydrogens is 254 g/mol. The number of carbonyl (C=O) groups excluding carboxylic acids is 1. The number of fused-ring (bicyclic) bond motifs is 1. The van der Waals surface area contributed by atoms with E-state index in [1.165, 1.54) is 0 Å². The molecule has 0 radical (unpaired) electrons. The van der Waals surface area contributed by atoms with Gasteiger partial charge in [0, 0.05) is 6.61 Å². The second-order valence-corrected chi connectivity index (χ2v) is 6.17. The van der Waals surface area contributed by atoms with Gasteiger partial charge in [-0.05, 0) is 44.4 Å². The predicted octanol–water partition coefficient (Wildman–Crippen LogP) is 1.65. The average Bonchev–Trinajstić information content (AvgIpc) is 2.95. The summed E-state index contributed by atoms with van der Waals surface area (Å²) in [5.74, 6) is 0.0907. The number of ether oxygens (including phenoxy) is 1. The molecule has 0 spiro atoms. The van der Waals surface area contributed by atoms with Crippen molar-refractivity contribution in [1.82, 2.24) is 0 Å². The van der Waals surface area contributed by atoms with Gasteiger partial charge in [-0.25, -0.2) is 0 Å². The third-order valence-corrected chi connectivity index (χ3v) is 4.36. The van der Waals surface area contributed by atoms with Crippen molar-refractivity contribution in [2.45, 2.75) is 38.2 Å². The molecule has 1 amide bonds. The first-order chi connectivity index (χ1) is 9.41. The Bertz CT molecular complexity index is 562. The quantitative estimate of drug-likeness (QED) is 0.804. The summed E-state index contributed by atoms with van der Waals surface area (Å²) < 4.78 is 5.65. The van der Waals surface area contributed by atoms with Crippen LogP contribution in [-0.2, 0) is 14.9 Å². The molecule has 1 atom stereocenters. The first kappa shape index (κ1) is 13.2. The van der Waals surface area contributed by atoms with Crippen LogP contribution in [0.15, 0.2) is 12.1 Å². The van der Waals surface area contributed by atoms with E-state index >= 15 is 0 Å². The van der Waals surface area contributed by atoms with Gasteiger partial charge in [-0.2, -0.15) is 0 Å². The Morgan fingerprint density at radius 1 is 1.35 bits per heavy atom. The fourth-order valence-electron chi connectivity index (χ4n) is 3.08. The third kappa shape index (κ3) is 1.85. The van der Waals surface area contributed by atoms with Crippen molar-refractivity contribution in [3.63, 3.8) is 0 Å². The van der Waals surface area contributed by atoms with Crippen LogP contribution in [0.4, 0.5) is 17.1 Å². The lowest BCUT2D eigenvalue weighted by Crippen LogP contribution is -2.40. The van der Waals surface area contributed by atoms with Crippen molar-refractivity contribution in [2.24, 2.45) is 0 Å².